The molecular weight excluding hydrogens is 1400 g/mol. The zero-order valence-electron chi connectivity index (χ0n) is 53.7. The zero-order valence-corrected chi connectivity index (χ0v) is 57.7. The van der Waals surface area contributed by atoms with Crippen LogP contribution in [0.4, 0.5) is 11.4 Å². The molecular formula is C61H75N3O29S5. The number of methoxy groups -OCH3 is 2. The topological polar surface area (TPSA) is 456 Å². The van der Waals surface area contributed by atoms with Crippen molar-refractivity contribution in [1.82, 2.24) is 5.06 Å². The normalized spacial score (nSPS) is 19.3. The molecule has 1 saturated heterocycles. The van der Waals surface area contributed by atoms with Crippen molar-refractivity contribution in [1.29, 1.82) is 0 Å². The van der Waals surface area contributed by atoms with Gasteiger partial charge in [-0.05, 0) is 104 Å². The van der Waals surface area contributed by atoms with Gasteiger partial charge in [0.05, 0.1) is 116 Å². The third-order valence-electron chi connectivity index (χ3n) is 16.8. The molecule has 4 aromatic carbocycles. The van der Waals surface area contributed by atoms with Gasteiger partial charge >= 0.3 is 5.97 Å². The Labute approximate surface area is 565 Å². The quantitative estimate of drug-likeness (QED) is 0.0139. The predicted molar refractivity (Wildman–Crippen MR) is 343 cm³/mol. The van der Waals surface area contributed by atoms with Gasteiger partial charge < -0.3 is 57.3 Å². The molecule has 1 fully saturated rings. The van der Waals surface area contributed by atoms with Crippen molar-refractivity contribution in [2.45, 2.75) is 89.2 Å². The first-order chi connectivity index (χ1) is 46.1. The maximum Gasteiger partial charge on any atom is 0.333 e. The summed E-state index contributed by atoms with van der Waals surface area (Å²) in [4.78, 5) is 56.1. The summed E-state index contributed by atoms with van der Waals surface area (Å²) in [5, 5.41) is 11.9. The van der Waals surface area contributed by atoms with Crippen LogP contribution in [0.15, 0.2) is 103 Å². The van der Waals surface area contributed by atoms with Crippen LogP contribution < -0.4 is 4.90 Å². The number of allylic oxidation sites excluding steroid dienone is 5. The number of hydroxylamine groups is 2. The second-order valence-electron chi connectivity index (χ2n) is 23.3. The number of hydrogen-bond acceptors (Lipinski definition) is 26. The summed E-state index contributed by atoms with van der Waals surface area (Å²) in [5.41, 5.74) is -3.46. The molecule has 2 unspecified atom stereocenters. The Bertz CT molecular complexity index is 4480. The minimum Gasteiger partial charge on any atom is -0.744 e. The van der Waals surface area contributed by atoms with E-state index >= 15 is 4.79 Å². The molecule has 0 radical (unpaired) electrons. The van der Waals surface area contributed by atoms with Crippen LogP contribution in [-0.4, -0.2) is 234 Å². The van der Waals surface area contributed by atoms with Crippen molar-refractivity contribution < 1.29 is 136 Å². The number of fused-ring (bicyclic) bond motifs is 6. The smallest absolute Gasteiger partial charge is 0.333 e. The number of amides is 2. The molecule has 5 N–H and O–H groups in total. The van der Waals surface area contributed by atoms with E-state index in [1.165, 1.54) is 57.6 Å². The van der Waals surface area contributed by atoms with Gasteiger partial charge in [0.25, 0.3) is 52.3 Å². The van der Waals surface area contributed by atoms with E-state index in [0.717, 1.165) is 12.1 Å². The van der Waals surface area contributed by atoms with Crippen LogP contribution in [0, 0.1) is 0 Å². The fourth-order valence-electron chi connectivity index (χ4n) is 12.2. The van der Waals surface area contributed by atoms with Crippen LogP contribution in [0.5, 0.6) is 0 Å². The molecule has 3 heterocycles. The Morgan fingerprint density at radius 1 is 0.592 bits per heavy atom. The highest BCUT2D eigenvalue weighted by Crippen LogP contribution is 2.55. The number of hydrogen-bond donors (Lipinski definition) is 5. The molecule has 3 aliphatic heterocycles. The van der Waals surface area contributed by atoms with Gasteiger partial charge in [-0.15, -0.1) is 5.06 Å². The second kappa shape index (κ2) is 31.9. The average Bonchev–Trinajstić information content (AvgIpc) is 1.53. The maximum absolute atomic E-state index is 15.3. The van der Waals surface area contributed by atoms with E-state index in [1.807, 2.05) is 0 Å². The van der Waals surface area contributed by atoms with Crippen LogP contribution in [0.2, 0.25) is 0 Å². The lowest BCUT2D eigenvalue weighted by Gasteiger charge is -2.32. The molecule has 32 nitrogen and oxygen atoms in total. The minimum atomic E-state index is -5.53. The van der Waals surface area contributed by atoms with Gasteiger partial charge in [0.15, 0.2) is 12.3 Å². The number of carbonyl (C=O) groups excluding carboxylic acids is 4. The molecule has 0 aromatic heterocycles. The fourth-order valence-corrected chi connectivity index (χ4v) is 15.4. The second-order valence-corrected chi connectivity index (χ2v) is 30.5. The summed E-state index contributed by atoms with van der Waals surface area (Å²) in [6.07, 6.45) is 0.666. The predicted octanol–water partition coefficient (Wildman–Crippen LogP) is 3.81. The van der Waals surface area contributed by atoms with E-state index < -0.39 is 134 Å². The summed E-state index contributed by atoms with van der Waals surface area (Å²) >= 11 is 0. The molecule has 2 amide bonds. The van der Waals surface area contributed by atoms with E-state index in [4.69, 9.17) is 42.7 Å². The van der Waals surface area contributed by atoms with Gasteiger partial charge in [-0.1, -0.05) is 6.07 Å². The van der Waals surface area contributed by atoms with Gasteiger partial charge in [-0.25, -0.2) is 13.2 Å². The number of Topliss-reactive ketones (excluding diaryl/α,β-unsaturated/α-hetero) is 1. The number of imide groups is 1. The highest BCUT2D eigenvalue weighted by Gasteiger charge is 2.52. The first-order valence-corrected chi connectivity index (χ1v) is 37.8. The number of ketones is 1. The van der Waals surface area contributed by atoms with Crippen LogP contribution in [0.3, 0.4) is 0 Å². The van der Waals surface area contributed by atoms with Gasteiger partial charge in [0, 0.05) is 86.5 Å². The van der Waals surface area contributed by atoms with E-state index in [2.05, 4.69) is 0 Å². The lowest BCUT2D eigenvalue weighted by Crippen LogP contribution is -2.35. The summed E-state index contributed by atoms with van der Waals surface area (Å²) in [6, 6.07) is 8.14. The molecule has 1 aliphatic carbocycles. The minimum absolute atomic E-state index is 0.0152. The number of rotatable bonds is 39. The third-order valence-corrected chi connectivity index (χ3v) is 21.0. The van der Waals surface area contributed by atoms with Gasteiger partial charge in [-0.2, -0.15) is 38.2 Å². The standard InChI is InChI=1S/C61H75N3O29S5/c1-60(14-6-32-94(70,71)72)51(63(17-19-88-25-27-92-31-29-90-23-21-86-4)48-11-9-41-43(56(48)60)33-39(95(73,74)75)35-49(41)97(79,80)81)37-45-58(68)46(59(45)69)38-52-61(2,15-18-87-24-26-91-30-28-89-22-20-85-3)57-44-34-40(96(76,77)78)36-50(98(82,83)84)42(44)8-10-47(57)62(52)16-5-7-55(67)93-64-53(65)12-13-54(64)66/h8-11,33-38H,5-7,12-32H2,1-4H3,(H5-,68,69,70,71,72,73,74,75,76,77,78,79,80,81,82,83,84). The van der Waals surface area contributed by atoms with Crippen molar-refractivity contribution in [3.63, 3.8) is 0 Å². The van der Waals surface area contributed by atoms with Crippen molar-refractivity contribution in [3.05, 3.63) is 94.4 Å². The first-order valence-electron chi connectivity index (χ1n) is 30.5. The van der Waals surface area contributed by atoms with Crippen LogP contribution in [0.25, 0.3) is 21.5 Å². The van der Waals surface area contributed by atoms with Crippen molar-refractivity contribution in [3.8, 4) is 0 Å². The number of ether oxygens (including phenoxy) is 8. The molecule has 0 saturated carbocycles. The number of aliphatic hydroxyl groups is 1. The van der Waals surface area contributed by atoms with Crippen LogP contribution >= 0.6 is 0 Å². The molecule has 98 heavy (non-hydrogen) atoms. The van der Waals surface area contributed by atoms with Crippen molar-refractivity contribution in [2.75, 3.05) is 130 Å². The van der Waals surface area contributed by atoms with E-state index in [1.54, 1.807) is 16.4 Å². The number of carbonyl (C=O) groups is 4. The molecule has 8 rings (SSSR count). The molecule has 538 valence electrons. The summed E-state index contributed by atoms with van der Waals surface area (Å²) in [7, 11) is -23.0. The Morgan fingerprint density at radius 3 is 1.60 bits per heavy atom. The lowest BCUT2D eigenvalue weighted by molar-refractivity contribution is -0.442. The summed E-state index contributed by atoms with van der Waals surface area (Å²) < 4.78 is 229. The number of anilines is 1. The van der Waals surface area contributed by atoms with Crippen molar-refractivity contribution in [2.24, 2.45) is 0 Å². The van der Waals surface area contributed by atoms with Crippen LogP contribution in [0.1, 0.15) is 69.9 Å². The van der Waals surface area contributed by atoms with Crippen molar-refractivity contribution >= 4 is 113 Å². The Hall–Kier alpha value is -6.60. The monoisotopic (exact) mass is 1470 g/mol. The van der Waals surface area contributed by atoms with E-state index in [9.17, 15) is 84.3 Å². The first kappa shape index (κ1) is 77.1. The number of benzene rings is 4. The Balaban J connectivity index is 1.29. The summed E-state index contributed by atoms with van der Waals surface area (Å²) in [6.45, 7) is 4.77. The molecule has 4 aromatic rings. The fraction of sp³-hybridized carbons (Fsp3) is 0.492. The Morgan fingerprint density at radius 2 is 1.09 bits per heavy atom. The highest BCUT2D eigenvalue weighted by atomic mass is 32.2. The van der Waals surface area contributed by atoms with Crippen LogP contribution in [-0.2, 0) is 123 Å². The number of aliphatic hydroxyl groups excluding tert-OH is 1. The Kier molecular flexibility index (Phi) is 25.1. The SMILES string of the molecule is COCCOCCOCCOCC[N+]1=C(/C=C2/C(=O)C(/C=C3/N(CCCC(=O)ON4C(=O)CCC4=O)c4ccc5c(S(=O)(=O)[O-])cc(S(=O)(=O)O)cc5c4C3(C)CCOCCOCCOCCOC)=C2O)C(C)(CCCS(=O)(=O)O)c2c1ccc1c(S(=O)(=O)O)cc(S(=O)(=O)O)cc21. The molecule has 4 aliphatic rings. The van der Waals surface area contributed by atoms with Gasteiger partial charge in [0.1, 0.15) is 27.4 Å². The molecule has 0 spiro atoms. The molecule has 0 bridgehead atoms. The zero-order chi connectivity index (χ0) is 71.8. The van der Waals surface area contributed by atoms with Gasteiger partial charge in [0.2, 0.25) is 11.5 Å². The average molecular weight is 1470 g/mol. The summed E-state index contributed by atoms with van der Waals surface area (Å²) in [5.74, 6) is -4.97. The number of nitrogens with zero attached hydrogens (tertiary/aromatic N) is 3. The van der Waals surface area contributed by atoms with E-state index in [-0.39, 0.29) is 173 Å². The third kappa shape index (κ3) is 17.9. The molecule has 2 atom stereocenters. The molecule has 37 heteroatoms. The maximum atomic E-state index is 15.3. The van der Waals surface area contributed by atoms with Gasteiger partial charge in [-0.3, -0.25) is 32.6 Å². The lowest BCUT2D eigenvalue weighted by atomic mass is 9.72. The largest absolute Gasteiger partial charge is 0.744 e. The van der Waals surface area contributed by atoms with E-state index in [0.29, 0.717) is 43.6 Å². The highest BCUT2D eigenvalue weighted by molar-refractivity contribution is 7.87.